The topological polar surface area (TPSA) is 33.1 Å². The number of benzene rings is 1. The molecule has 0 aliphatic carbocycles. The van der Waals surface area contributed by atoms with Crippen LogP contribution in [0.25, 0.3) is 5.69 Å². The fourth-order valence-corrected chi connectivity index (χ4v) is 2.52. The van der Waals surface area contributed by atoms with Gasteiger partial charge in [0.25, 0.3) is 0 Å². The van der Waals surface area contributed by atoms with Crippen LogP contribution in [-0.4, -0.2) is 40.4 Å². The van der Waals surface area contributed by atoms with E-state index in [2.05, 4.69) is 40.6 Å². The molecule has 1 saturated heterocycles. The highest BCUT2D eigenvalue weighted by molar-refractivity contribution is 5.30. The molecule has 1 aromatic heterocycles. The molecule has 4 heteroatoms. The van der Waals surface area contributed by atoms with Crippen LogP contribution in [0.3, 0.4) is 0 Å². The fourth-order valence-electron chi connectivity index (χ4n) is 2.52. The highest BCUT2D eigenvalue weighted by Crippen LogP contribution is 2.12. The number of hydrogen-bond acceptors (Lipinski definition) is 3. The number of rotatable bonds is 3. The van der Waals surface area contributed by atoms with E-state index in [4.69, 9.17) is 0 Å². The van der Waals surface area contributed by atoms with E-state index in [9.17, 15) is 0 Å². The second kappa shape index (κ2) is 5.55. The van der Waals surface area contributed by atoms with Crippen molar-refractivity contribution in [3.05, 3.63) is 48.3 Å². The third-order valence-electron chi connectivity index (χ3n) is 3.68. The Morgan fingerprint density at radius 2 is 2.16 bits per heavy atom. The van der Waals surface area contributed by atoms with E-state index < -0.39 is 0 Å². The molecule has 0 amide bonds. The maximum absolute atomic E-state index is 4.45. The lowest BCUT2D eigenvalue weighted by Crippen LogP contribution is -2.49. The second-order valence-corrected chi connectivity index (χ2v) is 5.15. The molecule has 0 spiro atoms. The lowest BCUT2D eigenvalue weighted by atomic mass is 10.2. The first-order chi connectivity index (χ1) is 9.33. The summed E-state index contributed by atoms with van der Waals surface area (Å²) in [6.45, 7) is 6.52. The minimum atomic E-state index is 0.592. The van der Waals surface area contributed by atoms with Crippen LogP contribution in [0.15, 0.2) is 42.7 Å². The molecule has 3 rings (SSSR count). The van der Waals surface area contributed by atoms with Gasteiger partial charge in [0.2, 0.25) is 0 Å². The van der Waals surface area contributed by atoms with E-state index in [1.165, 1.54) is 5.56 Å². The average Bonchev–Trinajstić information content (AvgIpc) is 2.91. The lowest BCUT2D eigenvalue weighted by molar-refractivity contribution is 0.165. The van der Waals surface area contributed by atoms with Crippen LogP contribution in [0.4, 0.5) is 0 Å². The van der Waals surface area contributed by atoms with Crippen molar-refractivity contribution in [3.63, 3.8) is 0 Å². The first-order valence-corrected chi connectivity index (χ1v) is 6.86. The summed E-state index contributed by atoms with van der Waals surface area (Å²) in [4.78, 5) is 2.50. The largest absolute Gasteiger partial charge is 0.314 e. The van der Waals surface area contributed by atoms with E-state index in [1.807, 2.05) is 29.1 Å². The smallest absolute Gasteiger partial charge is 0.0645 e. The zero-order valence-corrected chi connectivity index (χ0v) is 11.3. The van der Waals surface area contributed by atoms with Crippen molar-refractivity contribution in [3.8, 4) is 5.69 Å². The Morgan fingerprint density at radius 3 is 2.95 bits per heavy atom. The number of nitrogens with zero attached hydrogens (tertiary/aromatic N) is 3. The predicted octanol–water partition coefficient (Wildman–Crippen LogP) is 1.67. The summed E-state index contributed by atoms with van der Waals surface area (Å²) in [6.07, 6.45) is 4.10. The van der Waals surface area contributed by atoms with Crippen molar-refractivity contribution in [1.29, 1.82) is 0 Å². The van der Waals surface area contributed by atoms with Crippen molar-refractivity contribution in [2.24, 2.45) is 0 Å². The molecule has 0 unspecified atom stereocenters. The first-order valence-electron chi connectivity index (χ1n) is 6.86. The Bertz CT molecular complexity index is 520. The second-order valence-electron chi connectivity index (χ2n) is 5.15. The molecule has 0 radical (unpaired) electrons. The Hall–Kier alpha value is -1.65. The van der Waals surface area contributed by atoms with Crippen molar-refractivity contribution < 1.29 is 0 Å². The van der Waals surface area contributed by atoms with Crippen LogP contribution < -0.4 is 5.32 Å². The van der Waals surface area contributed by atoms with E-state index >= 15 is 0 Å². The van der Waals surface area contributed by atoms with Crippen LogP contribution in [0.1, 0.15) is 12.5 Å². The van der Waals surface area contributed by atoms with Crippen LogP contribution in [-0.2, 0) is 6.54 Å². The van der Waals surface area contributed by atoms with Crippen molar-refractivity contribution in [2.45, 2.75) is 19.5 Å². The van der Waals surface area contributed by atoms with Gasteiger partial charge in [-0.25, -0.2) is 4.68 Å². The van der Waals surface area contributed by atoms with E-state index in [-0.39, 0.29) is 0 Å². The first kappa shape index (κ1) is 12.4. The Kier molecular flexibility index (Phi) is 3.62. The molecule has 1 aromatic carbocycles. The molecule has 1 fully saturated rings. The highest BCUT2D eigenvalue weighted by atomic mass is 15.3. The number of nitrogens with one attached hydrogen (secondary N) is 1. The van der Waals surface area contributed by atoms with Gasteiger partial charge in [0.05, 0.1) is 11.9 Å². The quantitative estimate of drug-likeness (QED) is 0.907. The van der Waals surface area contributed by atoms with E-state index in [0.29, 0.717) is 6.04 Å². The van der Waals surface area contributed by atoms with Gasteiger partial charge in [-0.2, -0.15) is 5.10 Å². The Morgan fingerprint density at radius 1 is 1.32 bits per heavy atom. The summed E-state index contributed by atoms with van der Waals surface area (Å²) in [6, 6.07) is 10.8. The Labute approximate surface area is 114 Å². The lowest BCUT2D eigenvalue weighted by Gasteiger charge is -2.33. The third kappa shape index (κ3) is 2.85. The SMILES string of the molecule is C[C@@H]1CNCCN1Cc1cnn(-c2ccccc2)c1. The van der Waals surface area contributed by atoms with Crippen LogP contribution in [0, 0.1) is 0 Å². The third-order valence-corrected chi connectivity index (χ3v) is 3.68. The number of para-hydroxylation sites is 1. The van der Waals surface area contributed by atoms with Crippen molar-refractivity contribution in [2.75, 3.05) is 19.6 Å². The highest BCUT2D eigenvalue weighted by Gasteiger charge is 2.18. The molecule has 2 heterocycles. The van der Waals surface area contributed by atoms with Crippen molar-refractivity contribution >= 4 is 0 Å². The van der Waals surface area contributed by atoms with Gasteiger partial charge in [-0.1, -0.05) is 18.2 Å². The fraction of sp³-hybridized carbons (Fsp3) is 0.400. The molecular formula is C15H20N4. The molecular weight excluding hydrogens is 236 g/mol. The molecule has 2 aromatic rings. The summed E-state index contributed by atoms with van der Waals surface area (Å²) in [5.74, 6) is 0. The zero-order chi connectivity index (χ0) is 13.1. The monoisotopic (exact) mass is 256 g/mol. The summed E-state index contributed by atoms with van der Waals surface area (Å²) in [5.41, 5.74) is 2.39. The Balaban J connectivity index is 1.71. The molecule has 19 heavy (non-hydrogen) atoms. The van der Waals surface area contributed by atoms with Gasteiger partial charge >= 0.3 is 0 Å². The van der Waals surface area contributed by atoms with Crippen LogP contribution in [0.2, 0.25) is 0 Å². The molecule has 100 valence electrons. The maximum Gasteiger partial charge on any atom is 0.0645 e. The molecule has 1 N–H and O–H groups in total. The van der Waals surface area contributed by atoms with Gasteiger partial charge in [-0.15, -0.1) is 0 Å². The van der Waals surface area contributed by atoms with Gasteiger partial charge in [-0.05, 0) is 19.1 Å². The summed E-state index contributed by atoms with van der Waals surface area (Å²) < 4.78 is 1.95. The van der Waals surface area contributed by atoms with E-state index in [1.54, 1.807) is 0 Å². The van der Waals surface area contributed by atoms with Crippen LogP contribution in [0.5, 0.6) is 0 Å². The normalized spacial score (nSPS) is 20.6. The van der Waals surface area contributed by atoms with E-state index in [0.717, 1.165) is 31.9 Å². The standard InChI is InChI=1S/C15H20N4/c1-13-9-16-7-8-18(13)11-14-10-17-19(12-14)15-5-3-2-4-6-15/h2-6,10,12-13,16H,7-9,11H2,1H3/t13-/m1/s1. The van der Waals surface area contributed by atoms with Crippen molar-refractivity contribution in [1.82, 2.24) is 20.0 Å². The minimum Gasteiger partial charge on any atom is -0.314 e. The maximum atomic E-state index is 4.45. The molecule has 1 aliphatic heterocycles. The summed E-state index contributed by atoms with van der Waals surface area (Å²) in [7, 11) is 0. The van der Waals surface area contributed by atoms with Crippen LogP contribution >= 0.6 is 0 Å². The summed E-state index contributed by atoms with van der Waals surface area (Å²) >= 11 is 0. The van der Waals surface area contributed by atoms with Gasteiger partial charge in [-0.3, -0.25) is 4.90 Å². The molecule has 4 nitrogen and oxygen atoms in total. The zero-order valence-electron chi connectivity index (χ0n) is 11.3. The van der Waals surface area contributed by atoms with Gasteiger partial charge in [0.1, 0.15) is 0 Å². The number of piperazine rings is 1. The number of aromatic nitrogens is 2. The van der Waals surface area contributed by atoms with Gasteiger partial charge < -0.3 is 5.32 Å². The number of hydrogen-bond donors (Lipinski definition) is 1. The molecule has 1 aliphatic rings. The molecule has 1 atom stereocenters. The minimum absolute atomic E-state index is 0.592. The molecule has 0 saturated carbocycles. The van der Waals surface area contributed by atoms with Gasteiger partial charge in [0, 0.05) is 44.0 Å². The average molecular weight is 256 g/mol. The predicted molar refractivity (Wildman–Crippen MR) is 76.3 cm³/mol. The van der Waals surface area contributed by atoms with Gasteiger partial charge in [0.15, 0.2) is 0 Å². The summed E-state index contributed by atoms with van der Waals surface area (Å²) in [5, 5.41) is 7.87. The molecule has 0 bridgehead atoms.